The summed E-state index contributed by atoms with van der Waals surface area (Å²) in [5.74, 6) is -0.744. The first-order chi connectivity index (χ1) is 16.4. The van der Waals surface area contributed by atoms with Crippen LogP contribution in [0.25, 0.3) is 6.08 Å². The van der Waals surface area contributed by atoms with Crippen molar-refractivity contribution in [3.8, 4) is 23.8 Å². The molecule has 1 saturated heterocycles. The predicted octanol–water partition coefficient (Wildman–Crippen LogP) is 3.17. The lowest BCUT2D eigenvalue weighted by molar-refractivity contribution is -0.122. The van der Waals surface area contributed by atoms with Crippen molar-refractivity contribution in [3.05, 3.63) is 64.7 Å². The lowest BCUT2D eigenvalue weighted by Crippen LogP contribution is -2.54. The van der Waals surface area contributed by atoms with Gasteiger partial charge in [0.25, 0.3) is 11.8 Å². The molecule has 2 amide bonds. The highest BCUT2D eigenvalue weighted by Crippen LogP contribution is 2.25. The third-order valence-electron chi connectivity index (χ3n) is 4.53. The summed E-state index contributed by atoms with van der Waals surface area (Å²) in [7, 11) is 2.81. The van der Waals surface area contributed by atoms with Gasteiger partial charge in [-0.25, -0.2) is 0 Å². The van der Waals surface area contributed by atoms with Crippen molar-refractivity contribution < 1.29 is 23.8 Å². The van der Waals surface area contributed by atoms with E-state index in [9.17, 15) is 9.59 Å². The fourth-order valence-electron chi connectivity index (χ4n) is 2.93. The first kappa shape index (κ1) is 23.1. The molecule has 0 saturated carbocycles. The molecule has 12 heteroatoms. The summed E-state index contributed by atoms with van der Waals surface area (Å²) in [5.41, 5.74) is 0.988. The van der Waals surface area contributed by atoms with Crippen molar-refractivity contribution in [2.45, 2.75) is 0 Å². The molecule has 1 aromatic heterocycles. The molecule has 1 fully saturated rings. The molecule has 1 aliphatic heterocycles. The minimum atomic E-state index is -0.593. The second-order valence-corrected chi connectivity index (χ2v) is 7.52. The van der Waals surface area contributed by atoms with Gasteiger partial charge in [-0.2, -0.15) is 0 Å². The zero-order valence-corrected chi connectivity index (χ0v) is 19.4. The molecule has 0 atom stereocenters. The second-order valence-electron chi connectivity index (χ2n) is 6.70. The van der Waals surface area contributed by atoms with Gasteiger partial charge < -0.3 is 14.2 Å². The first-order valence-corrected chi connectivity index (χ1v) is 10.5. The Balaban J connectivity index is 1.56. The van der Waals surface area contributed by atoms with Crippen LogP contribution in [0.5, 0.6) is 23.8 Å². The largest absolute Gasteiger partial charge is 0.467 e. The molecule has 10 nitrogen and oxygen atoms in total. The molecule has 0 radical (unpaired) electrons. The SMILES string of the molecule is COc1nc(OC)nc(Oc2ccc(/C=C3/C(=O)NC(=S)N(c4ccc(Cl)cc4)C3=O)cc2)n1. The maximum atomic E-state index is 13.1. The van der Waals surface area contributed by atoms with Crippen molar-refractivity contribution in [3.63, 3.8) is 0 Å². The van der Waals surface area contributed by atoms with Crippen LogP contribution in [0.4, 0.5) is 5.69 Å². The Bertz CT molecular complexity index is 1280. The van der Waals surface area contributed by atoms with Gasteiger partial charge >= 0.3 is 18.0 Å². The van der Waals surface area contributed by atoms with E-state index in [0.29, 0.717) is 22.0 Å². The van der Waals surface area contributed by atoms with Crippen molar-refractivity contribution in [2.24, 2.45) is 0 Å². The van der Waals surface area contributed by atoms with E-state index < -0.39 is 11.8 Å². The van der Waals surface area contributed by atoms with Gasteiger partial charge in [0, 0.05) is 5.02 Å². The number of carbonyl (C=O) groups is 2. The van der Waals surface area contributed by atoms with Gasteiger partial charge in [-0.15, -0.1) is 15.0 Å². The molecule has 0 bridgehead atoms. The van der Waals surface area contributed by atoms with E-state index in [-0.39, 0.29) is 28.7 Å². The van der Waals surface area contributed by atoms with Crippen molar-refractivity contribution in [1.29, 1.82) is 0 Å². The van der Waals surface area contributed by atoms with E-state index in [1.165, 1.54) is 25.2 Å². The number of rotatable bonds is 6. The number of thiocarbonyl (C=S) groups is 1. The number of hydrogen-bond donors (Lipinski definition) is 1. The van der Waals surface area contributed by atoms with Crippen LogP contribution in [0.2, 0.25) is 5.02 Å². The van der Waals surface area contributed by atoms with Crippen LogP contribution in [-0.2, 0) is 9.59 Å². The number of carbonyl (C=O) groups excluding carboxylic acids is 2. The van der Waals surface area contributed by atoms with Gasteiger partial charge in [0.15, 0.2) is 5.11 Å². The smallest absolute Gasteiger partial charge is 0.331 e. The number of nitrogens with zero attached hydrogens (tertiary/aromatic N) is 4. The molecule has 1 aliphatic rings. The molecule has 34 heavy (non-hydrogen) atoms. The average molecular weight is 498 g/mol. The van der Waals surface area contributed by atoms with Gasteiger partial charge in [0.05, 0.1) is 19.9 Å². The summed E-state index contributed by atoms with van der Waals surface area (Å²) in [4.78, 5) is 38.7. The predicted molar refractivity (Wildman–Crippen MR) is 127 cm³/mol. The minimum Gasteiger partial charge on any atom is -0.467 e. The van der Waals surface area contributed by atoms with Crippen molar-refractivity contribution >= 4 is 52.5 Å². The number of nitrogens with one attached hydrogen (secondary N) is 1. The summed E-state index contributed by atoms with van der Waals surface area (Å²) in [6, 6.07) is 13.2. The molecule has 4 rings (SSSR count). The third kappa shape index (κ3) is 4.95. The Hall–Kier alpha value is -4.09. The minimum absolute atomic E-state index is 0.0126. The Labute approximate surface area is 204 Å². The average Bonchev–Trinajstić information content (AvgIpc) is 2.83. The molecule has 172 valence electrons. The first-order valence-electron chi connectivity index (χ1n) is 9.67. The molecule has 2 aromatic carbocycles. The van der Waals surface area contributed by atoms with E-state index in [2.05, 4.69) is 20.3 Å². The lowest BCUT2D eigenvalue weighted by atomic mass is 10.1. The van der Waals surface area contributed by atoms with Gasteiger partial charge in [0.1, 0.15) is 11.3 Å². The number of anilines is 1. The zero-order chi connectivity index (χ0) is 24.2. The second kappa shape index (κ2) is 9.81. The maximum Gasteiger partial charge on any atom is 0.331 e. The highest BCUT2D eigenvalue weighted by atomic mass is 35.5. The number of aromatic nitrogens is 3. The summed E-state index contributed by atoms with van der Waals surface area (Å²) in [5, 5.41) is 3.03. The number of benzene rings is 2. The van der Waals surface area contributed by atoms with E-state index in [0.717, 1.165) is 0 Å². The fraction of sp³-hybridized carbons (Fsp3) is 0.0909. The van der Waals surface area contributed by atoms with Gasteiger partial charge in [-0.05, 0) is 60.3 Å². The summed E-state index contributed by atoms with van der Waals surface area (Å²) in [6.45, 7) is 0. The lowest BCUT2D eigenvalue weighted by Gasteiger charge is -2.28. The normalized spacial score (nSPS) is 14.7. The Morgan fingerprint density at radius 2 is 1.50 bits per heavy atom. The highest BCUT2D eigenvalue weighted by Gasteiger charge is 2.34. The molecule has 0 aliphatic carbocycles. The summed E-state index contributed by atoms with van der Waals surface area (Å²) >= 11 is 11.1. The molecule has 0 spiro atoms. The molecule has 2 heterocycles. The van der Waals surface area contributed by atoms with Crippen LogP contribution in [0, 0.1) is 0 Å². The number of halogens is 1. The molecule has 0 unspecified atom stereocenters. The summed E-state index contributed by atoms with van der Waals surface area (Å²) in [6.07, 6.45) is 1.46. The van der Waals surface area contributed by atoms with E-state index in [1.54, 1.807) is 48.5 Å². The fourth-order valence-corrected chi connectivity index (χ4v) is 3.34. The topological polar surface area (TPSA) is 116 Å². The summed E-state index contributed by atoms with van der Waals surface area (Å²) < 4.78 is 15.6. The van der Waals surface area contributed by atoms with Gasteiger partial charge in [-0.1, -0.05) is 23.7 Å². The quantitative estimate of drug-likeness (QED) is 0.311. The monoisotopic (exact) mass is 497 g/mol. The van der Waals surface area contributed by atoms with Crippen LogP contribution in [0.1, 0.15) is 5.56 Å². The van der Waals surface area contributed by atoms with Crippen LogP contribution in [-0.4, -0.2) is 46.1 Å². The zero-order valence-electron chi connectivity index (χ0n) is 17.8. The van der Waals surface area contributed by atoms with Gasteiger partial charge in [-0.3, -0.25) is 19.8 Å². The molecule has 1 N–H and O–H groups in total. The van der Waals surface area contributed by atoms with Crippen molar-refractivity contribution in [1.82, 2.24) is 20.3 Å². The van der Waals surface area contributed by atoms with Crippen molar-refractivity contribution in [2.75, 3.05) is 19.1 Å². The Morgan fingerprint density at radius 3 is 2.09 bits per heavy atom. The Kier molecular flexibility index (Phi) is 6.66. The maximum absolute atomic E-state index is 13.1. The molecular formula is C22H16ClN5O5S. The van der Waals surface area contributed by atoms with Crippen LogP contribution in [0.3, 0.4) is 0 Å². The van der Waals surface area contributed by atoms with E-state index >= 15 is 0 Å². The number of amides is 2. The molecular weight excluding hydrogens is 482 g/mol. The number of ether oxygens (including phenoxy) is 3. The highest BCUT2D eigenvalue weighted by molar-refractivity contribution is 7.80. The van der Waals surface area contributed by atoms with Crippen LogP contribution < -0.4 is 24.4 Å². The standard InChI is InChI=1S/C22H16ClN5O5S/c1-31-19-25-20(32-2)27-21(26-19)33-15-9-3-12(4-10-15)11-16-17(29)24-22(34)28(18(16)30)14-7-5-13(23)6-8-14/h3-11H,1-2H3,(H,24,29,34)/b16-11-. The van der Waals surface area contributed by atoms with E-state index in [4.69, 9.17) is 38.0 Å². The van der Waals surface area contributed by atoms with Crippen LogP contribution in [0.15, 0.2) is 54.1 Å². The third-order valence-corrected chi connectivity index (χ3v) is 5.06. The Morgan fingerprint density at radius 1 is 0.912 bits per heavy atom. The number of hydrogen-bond acceptors (Lipinski definition) is 9. The van der Waals surface area contributed by atoms with Crippen LogP contribution >= 0.6 is 23.8 Å². The number of methoxy groups -OCH3 is 2. The van der Waals surface area contributed by atoms with E-state index in [1.807, 2.05) is 0 Å². The molecule has 3 aromatic rings. The van der Waals surface area contributed by atoms with Gasteiger partial charge in [0.2, 0.25) is 0 Å².